The minimum Gasteiger partial charge on any atom is -0.295 e. The fourth-order valence-electron chi connectivity index (χ4n) is 3.45. The van der Waals surface area contributed by atoms with Crippen molar-refractivity contribution in [3.8, 4) is 0 Å². The Hall–Kier alpha value is -2.62. The summed E-state index contributed by atoms with van der Waals surface area (Å²) in [7, 11) is -3.63. The molecule has 1 aliphatic rings. The minimum absolute atomic E-state index is 0.0459. The Morgan fingerprint density at radius 2 is 1.69 bits per heavy atom. The number of piperazine rings is 1. The summed E-state index contributed by atoms with van der Waals surface area (Å²) >= 11 is 0. The number of benzene rings is 2. The summed E-state index contributed by atoms with van der Waals surface area (Å²) in [6, 6.07) is 12.4. The lowest BCUT2D eigenvalue weighted by Crippen LogP contribution is -2.49. The third-order valence-corrected chi connectivity index (χ3v) is 7.20. The van der Waals surface area contributed by atoms with Crippen molar-refractivity contribution in [3.63, 3.8) is 0 Å². The summed E-state index contributed by atoms with van der Waals surface area (Å²) in [5.74, 6) is -0.113. The molecule has 3 rings (SSSR count). The minimum atomic E-state index is -3.63. The molecule has 8 nitrogen and oxygen atoms in total. The van der Waals surface area contributed by atoms with Gasteiger partial charge >= 0.3 is 0 Å². The highest BCUT2D eigenvalue weighted by molar-refractivity contribution is 7.89. The van der Waals surface area contributed by atoms with E-state index in [1.54, 1.807) is 12.1 Å². The molecule has 1 unspecified atom stereocenters. The highest BCUT2D eigenvalue weighted by Crippen LogP contribution is 2.26. The monoisotopic (exact) mass is 417 g/mol. The molecular weight excluding hydrogens is 394 g/mol. The average molecular weight is 417 g/mol. The van der Waals surface area contributed by atoms with E-state index in [1.807, 2.05) is 13.0 Å². The third-order valence-electron chi connectivity index (χ3n) is 5.28. The molecule has 9 heteroatoms. The lowest BCUT2D eigenvalue weighted by Gasteiger charge is -2.37. The van der Waals surface area contributed by atoms with Crippen LogP contribution >= 0.6 is 0 Å². The van der Waals surface area contributed by atoms with Crippen molar-refractivity contribution in [1.29, 1.82) is 0 Å². The molecule has 1 aliphatic heterocycles. The molecule has 0 aliphatic carbocycles. The van der Waals surface area contributed by atoms with E-state index in [0.29, 0.717) is 31.7 Å². The second-order valence-corrected chi connectivity index (χ2v) is 8.99. The first-order valence-electron chi connectivity index (χ1n) is 9.29. The summed E-state index contributed by atoms with van der Waals surface area (Å²) in [6.45, 7) is 5.10. The summed E-state index contributed by atoms with van der Waals surface area (Å²) < 4.78 is 27.2. The number of ketones is 1. The van der Waals surface area contributed by atoms with Gasteiger partial charge in [-0.2, -0.15) is 4.31 Å². The molecule has 154 valence electrons. The molecule has 1 heterocycles. The molecule has 1 saturated heterocycles. The van der Waals surface area contributed by atoms with Crippen LogP contribution in [0.1, 0.15) is 35.8 Å². The van der Waals surface area contributed by atoms with Crippen LogP contribution in [-0.4, -0.2) is 54.5 Å². The highest BCUT2D eigenvalue weighted by atomic mass is 32.2. The Morgan fingerprint density at radius 3 is 2.24 bits per heavy atom. The van der Waals surface area contributed by atoms with Crippen LogP contribution in [0, 0.1) is 10.1 Å². The van der Waals surface area contributed by atoms with Crippen molar-refractivity contribution in [2.75, 3.05) is 26.2 Å². The molecule has 29 heavy (non-hydrogen) atoms. The molecule has 1 atom stereocenters. The van der Waals surface area contributed by atoms with Crippen LogP contribution in [0.5, 0.6) is 0 Å². The van der Waals surface area contributed by atoms with Crippen LogP contribution < -0.4 is 0 Å². The van der Waals surface area contributed by atoms with Crippen molar-refractivity contribution in [1.82, 2.24) is 9.21 Å². The first kappa shape index (κ1) is 21.1. The molecule has 0 amide bonds. The number of hydrogen-bond donors (Lipinski definition) is 0. The number of carbonyl (C=O) groups is 1. The highest BCUT2D eigenvalue weighted by Gasteiger charge is 2.30. The number of sulfonamides is 1. The zero-order valence-corrected chi connectivity index (χ0v) is 17.1. The van der Waals surface area contributed by atoms with Gasteiger partial charge in [-0.15, -0.1) is 0 Å². The predicted molar refractivity (Wildman–Crippen MR) is 108 cm³/mol. The van der Waals surface area contributed by atoms with Gasteiger partial charge in [-0.25, -0.2) is 8.42 Å². The van der Waals surface area contributed by atoms with Gasteiger partial charge in [-0.3, -0.25) is 19.8 Å². The lowest BCUT2D eigenvalue weighted by atomic mass is 10.1. The van der Waals surface area contributed by atoms with Gasteiger partial charge in [0.1, 0.15) is 0 Å². The fourth-order valence-corrected chi connectivity index (χ4v) is 4.87. The van der Waals surface area contributed by atoms with Crippen molar-refractivity contribution < 1.29 is 18.1 Å². The maximum atomic E-state index is 12.9. The Labute approximate surface area is 169 Å². The normalized spacial score (nSPS) is 17.0. The van der Waals surface area contributed by atoms with Crippen LogP contribution in [0.4, 0.5) is 5.69 Å². The van der Waals surface area contributed by atoms with Crippen LogP contribution in [0.15, 0.2) is 53.4 Å². The zero-order valence-electron chi connectivity index (χ0n) is 16.3. The second-order valence-electron chi connectivity index (χ2n) is 7.05. The van der Waals surface area contributed by atoms with E-state index in [0.717, 1.165) is 5.56 Å². The number of Topliss-reactive ketones (excluding diaryl/α,β-unsaturated/α-hetero) is 1. The maximum Gasteiger partial charge on any atom is 0.269 e. The maximum absolute atomic E-state index is 12.9. The Kier molecular flexibility index (Phi) is 6.11. The molecular formula is C20H23N3O5S. The number of carbonyl (C=O) groups excluding carboxylic acids is 1. The van der Waals surface area contributed by atoms with Crippen LogP contribution in [0.25, 0.3) is 0 Å². The van der Waals surface area contributed by atoms with Gasteiger partial charge in [0, 0.05) is 49.9 Å². The molecule has 1 fully saturated rings. The number of hydrogen-bond acceptors (Lipinski definition) is 6. The van der Waals surface area contributed by atoms with E-state index < -0.39 is 14.9 Å². The SMILES string of the molecule is CC(=O)c1ccc(S(=O)(=O)N2CCN(C(C)c3cccc([N+](=O)[O-])c3)CC2)cc1. The number of nitrogens with zero attached hydrogens (tertiary/aromatic N) is 3. The van der Waals surface area contributed by atoms with Crippen LogP contribution in [-0.2, 0) is 10.0 Å². The molecule has 0 saturated carbocycles. The van der Waals surface area contributed by atoms with Crippen molar-refractivity contribution in [2.45, 2.75) is 24.8 Å². The van der Waals surface area contributed by atoms with Crippen molar-refractivity contribution >= 4 is 21.5 Å². The van der Waals surface area contributed by atoms with Gasteiger partial charge in [-0.05, 0) is 31.5 Å². The van der Waals surface area contributed by atoms with E-state index in [2.05, 4.69) is 4.90 Å². The topological polar surface area (TPSA) is 101 Å². The number of non-ortho nitro benzene ring substituents is 1. The average Bonchev–Trinajstić information content (AvgIpc) is 2.73. The second kappa shape index (κ2) is 8.40. The van der Waals surface area contributed by atoms with Crippen LogP contribution in [0.3, 0.4) is 0 Å². The van der Waals surface area contributed by atoms with Gasteiger partial charge < -0.3 is 0 Å². The number of nitro groups is 1. The lowest BCUT2D eigenvalue weighted by molar-refractivity contribution is -0.385. The molecule has 0 radical (unpaired) electrons. The largest absolute Gasteiger partial charge is 0.295 e. The Morgan fingerprint density at radius 1 is 1.07 bits per heavy atom. The van der Waals surface area contributed by atoms with E-state index in [4.69, 9.17) is 0 Å². The summed E-state index contributed by atoms with van der Waals surface area (Å²) in [6.07, 6.45) is 0. The standard InChI is InChI=1S/C20H23N3O5S/c1-15(18-4-3-5-19(14-18)23(25)26)21-10-12-22(13-11-21)29(27,28)20-8-6-17(7-9-20)16(2)24/h3-9,14-15H,10-13H2,1-2H3. The number of nitro benzene ring substituents is 1. The third kappa shape index (κ3) is 4.52. The van der Waals surface area contributed by atoms with Crippen molar-refractivity contribution in [3.05, 3.63) is 69.8 Å². The molecule has 0 bridgehead atoms. The molecule has 0 aromatic heterocycles. The van der Waals surface area contributed by atoms with Crippen molar-refractivity contribution in [2.24, 2.45) is 0 Å². The fraction of sp³-hybridized carbons (Fsp3) is 0.350. The molecule has 0 N–H and O–H groups in total. The van der Waals surface area contributed by atoms with E-state index >= 15 is 0 Å². The first-order valence-corrected chi connectivity index (χ1v) is 10.7. The van der Waals surface area contributed by atoms with Gasteiger partial charge in [0.15, 0.2) is 5.78 Å². The molecule has 2 aromatic rings. The first-order chi connectivity index (χ1) is 13.7. The van der Waals surface area contributed by atoms with E-state index in [9.17, 15) is 23.3 Å². The smallest absolute Gasteiger partial charge is 0.269 e. The summed E-state index contributed by atoms with van der Waals surface area (Å²) in [5.41, 5.74) is 1.35. The number of rotatable bonds is 6. The zero-order chi connectivity index (χ0) is 21.2. The van der Waals surface area contributed by atoms with Crippen LogP contribution in [0.2, 0.25) is 0 Å². The summed E-state index contributed by atoms with van der Waals surface area (Å²) in [4.78, 5) is 24.2. The molecule has 0 spiro atoms. The van der Waals surface area contributed by atoms with Gasteiger partial charge in [0.25, 0.3) is 5.69 Å². The predicted octanol–water partition coefficient (Wildman–Crippen LogP) is 2.86. The van der Waals surface area contributed by atoms with Gasteiger partial charge in [0.2, 0.25) is 10.0 Å². The Bertz CT molecular complexity index is 1010. The quantitative estimate of drug-likeness (QED) is 0.407. The van der Waals surface area contributed by atoms with Gasteiger partial charge in [0.05, 0.1) is 9.82 Å². The van der Waals surface area contributed by atoms with E-state index in [1.165, 1.54) is 41.6 Å². The van der Waals surface area contributed by atoms with E-state index in [-0.39, 0.29) is 22.4 Å². The summed E-state index contributed by atoms with van der Waals surface area (Å²) in [5, 5.41) is 11.0. The Balaban J connectivity index is 1.68. The van der Waals surface area contributed by atoms with Gasteiger partial charge in [-0.1, -0.05) is 24.3 Å². The molecule has 2 aromatic carbocycles.